The zero-order valence-electron chi connectivity index (χ0n) is 22.2. The highest BCUT2D eigenvalue weighted by Gasteiger charge is 2.58. The summed E-state index contributed by atoms with van der Waals surface area (Å²) in [5.41, 5.74) is 2.06. The van der Waals surface area contributed by atoms with Gasteiger partial charge in [0.2, 0.25) is 5.91 Å². The third kappa shape index (κ3) is 5.67. The second-order valence-corrected chi connectivity index (χ2v) is 11.1. The van der Waals surface area contributed by atoms with Crippen LogP contribution in [0.15, 0.2) is 48.8 Å². The molecule has 0 unspecified atom stereocenters. The highest BCUT2D eigenvalue weighted by Crippen LogP contribution is 2.57. The fourth-order valence-electron chi connectivity index (χ4n) is 5.52. The first-order valence-electron chi connectivity index (χ1n) is 13.4. The number of morpholine rings is 1. The van der Waals surface area contributed by atoms with Crippen LogP contribution >= 0.6 is 11.6 Å². The monoisotopic (exact) mass is 560 g/mol. The van der Waals surface area contributed by atoms with Gasteiger partial charge in [-0.05, 0) is 43.7 Å². The molecule has 1 aromatic heterocycles. The maximum Gasteiger partial charge on any atom is 0.248 e. The Morgan fingerprint density at radius 1 is 1.27 bits per heavy atom. The maximum atomic E-state index is 14.6. The summed E-state index contributed by atoms with van der Waals surface area (Å²) in [5, 5.41) is 6.65. The van der Waals surface area contributed by atoms with E-state index in [0.29, 0.717) is 53.6 Å². The highest BCUT2D eigenvalue weighted by molar-refractivity contribution is 6.31. The van der Waals surface area contributed by atoms with Crippen molar-refractivity contribution in [2.45, 2.75) is 6.42 Å². The number of aromatic nitrogens is 2. The van der Waals surface area contributed by atoms with E-state index in [9.17, 15) is 9.18 Å². The molecule has 2 N–H and O–H groups in total. The van der Waals surface area contributed by atoms with Crippen LogP contribution in [-0.2, 0) is 9.53 Å². The standard InChI is InChI=1S/C30H30ClFN6O2/c1-37-17-21-16-30(21,18-37)8-7-20-14-26-22(29(34-19-33-26)36-24-5-2-4-23(31)28(24)32)15-25(20)35-27(39)6-3-9-38-10-12-40-13-11-38/h2-6,14-15,19,21H,9-13,16-18H2,1H3,(H,35,39)(H,33,34,36)/b6-3+/t21-,30+/m1/s1. The van der Waals surface area contributed by atoms with Crippen LogP contribution in [0.5, 0.6) is 0 Å². The number of piperidine rings is 1. The van der Waals surface area contributed by atoms with Crippen molar-refractivity contribution in [2.75, 3.05) is 63.6 Å². The van der Waals surface area contributed by atoms with Crippen molar-refractivity contribution in [3.05, 3.63) is 65.2 Å². The largest absolute Gasteiger partial charge is 0.379 e. The van der Waals surface area contributed by atoms with Crippen LogP contribution in [-0.4, -0.2) is 78.7 Å². The van der Waals surface area contributed by atoms with Crippen LogP contribution in [0.2, 0.25) is 5.02 Å². The van der Waals surface area contributed by atoms with Gasteiger partial charge >= 0.3 is 0 Å². The van der Waals surface area contributed by atoms with Gasteiger partial charge in [0, 0.05) is 49.6 Å². The molecular formula is C30H30ClFN6O2. The number of likely N-dealkylation sites (tertiary alicyclic amines) is 1. The first kappa shape index (κ1) is 26.7. The summed E-state index contributed by atoms with van der Waals surface area (Å²) >= 11 is 5.98. The first-order valence-corrected chi connectivity index (χ1v) is 13.8. The Morgan fingerprint density at radius 3 is 2.92 bits per heavy atom. The number of hydrogen-bond acceptors (Lipinski definition) is 7. The summed E-state index contributed by atoms with van der Waals surface area (Å²) < 4.78 is 20.0. The highest BCUT2D eigenvalue weighted by atomic mass is 35.5. The predicted molar refractivity (Wildman–Crippen MR) is 154 cm³/mol. The second kappa shape index (κ2) is 11.1. The minimum atomic E-state index is -0.572. The molecule has 2 atom stereocenters. The van der Waals surface area contributed by atoms with E-state index < -0.39 is 5.82 Å². The van der Waals surface area contributed by atoms with E-state index in [-0.39, 0.29) is 22.0 Å². The molecule has 40 heavy (non-hydrogen) atoms. The molecule has 3 aliphatic rings. The SMILES string of the molecule is CN1C[C@H]2C[C@@]2(C#Cc2cc3ncnc(Nc4cccc(Cl)c4F)c3cc2NC(=O)/C=C/CN2CCOCC2)C1. The molecule has 2 aromatic carbocycles. The number of amides is 1. The number of carbonyl (C=O) groups excluding carboxylic acids is 1. The summed E-state index contributed by atoms with van der Waals surface area (Å²) in [5.74, 6) is 7.02. The van der Waals surface area contributed by atoms with E-state index in [1.54, 1.807) is 24.3 Å². The smallest absolute Gasteiger partial charge is 0.248 e. The van der Waals surface area contributed by atoms with Gasteiger partial charge in [-0.3, -0.25) is 9.69 Å². The van der Waals surface area contributed by atoms with Crippen molar-refractivity contribution in [3.63, 3.8) is 0 Å². The zero-order chi connectivity index (χ0) is 27.7. The lowest BCUT2D eigenvalue weighted by Gasteiger charge is -2.25. The van der Waals surface area contributed by atoms with E-state index >= 15 is 0 Å². The molecule has 3 heterocycles. The minimum absolute atomic E-state index is 0.00746. The number of anilines is 3. The van der Waals surface area contributed by atoms with Gasteiger partial charge in [0.05, 0.1) is 40.7 Å². The summed E-state index contributed by atoms with van der Waals surface area (Å²) in [4.78, 5) is 26.3. The summed E-state index contributed by atoms with van der Waals surface area (Å²) in [7, 11) is 2.12. The number of ether oxygens (including phenoxy) is 1. The predicted octanol–water partition coefficient (Wildman–Crippen LogP) is 4.30. The molecule has 3 fully saturated rings. The van der Waals surface area contributed by atoms with Gasteiger partial charge < -0.3 is 20.3 Å². The zero-order valence-corrected chi connectivity index (χ0v) is 23.0. The molecule has 1 amide bonds. The van der Waals surface area contributed by atoms with Crippen molar-refractivity contribution in [2.24, 2.45) is 11.3 Å². The summed E-state index contributed by atoms with van der Waals surface area (Å²) in [6, 6.07) is 8.37. The topological polar surface area (TPSA) is 82.6 Å². The van der Waals surface area contributed by atoms with E-state index in [4.69, 9.17) is 16.3 Å². The Hall–Kier alpha value is -3.55. The quantitative estimate of drug-likeness (QED) is 0.344. The van der Waals surface area contributed by atoms with E-state index in [1.165, 1.54) is 12.4 Å². The molecule has 3 aromatic rings. The van der Waals surface area contributed by atoms with E-state index in [1.807, 2.05) is 12.1 Å². The number of benzene rings is 2. The maximum absolute atomic E-state index is 14.6. The van der Waals surface area contributed by atoms with E-state index in [2.05, 4.69) is 49.3 Å². The van der Waals surface area contributed by atoms with Crippen LogP contribution in [0.25, 0.3) is 10.9 Å². The Balaban J connectivity index is 1.31. The van der Waals surface area contributed by atoms with E-state index in [0.717, 1.165) is 32.6 Å². The number of rotatable bonds is 6. The molecule has 2 aliphatic heterocycles. The number of hydrogen-bond donors (Lipinski definition) is 2. The van der Waals surface area contributed by atoms with Gasteiger partial charge in [0.25, 0.3) is 0 Å². The van der Waals surface area contributed by atoms with Gasteiger partial charge in [-0.2, -0.15) is 0 Å². The average molecular weight is 561 g/mol. The van der Waals surface area contributed by atoms with Crippen molar-refractivity contribution >= 4 is 45.6 Å². The molecule has 1 saturated carbocycles. The number of nitrogens with zero attached hydrogens (tertiary/aromatic N) is 4. The molecule has 0 bridgehead atoms. The lowest BCUT2D eigenvalue weighted by Crippen LogP contribution is -2.36. The van der Waals surface area contributed by atoms with Gasteiger partial charge in [-0.1, -0.05) is 35.6 Å². The number of halogens is 2. The fraction of sp³-hybridized carbons (Fsp3) is 0.367. The first-order chi connectivity index (χ1) is 19.4. The minimum Gasteiger partial charge on any atom is -0.379 e. The lowest BCUT2D eigenvalue weighted by atomic mass is 10.0. The van der Waals surface area contributed by atoms with Crippen LogP contribution in [0.4, 0.5) is 21.6 Å². The molecule has 8 nitrogen and oxygen atoms in total. The van der Waals surface area contributed by atoms with Gasteiger partial charge in [0.15, 0.2) is 5.82 Å². The Morgan fingerprint density at radius 2 is 2.12 bits per heavy atom. The Bertz CT molecular complexity index is 1550. The molecular weight excluding hydrogens is 531 g/mol. The Kier molecular flexibility index (Phi) is 7.43. The van der Waals surface area contributed by atoms with Crippen LogP contribution in [0.3, 0.4) is 0 Å². The Labute approximate surface area is 237 Å². The van der Waals surface area contributed by atoms with Crippen molar-refractivity contribution < 1.29 is 13.9 Å². The number of carbonyl (C=O) groups is 1. The normalized spacial score (nSPS) is 22.6. The molecule has 6 rings (SSSR count). The van der Waals surface area contributed by atoms with Gasteiger partial charge in [-0.15, -0.1) is 0 Å². The number of nitrogens with one attached hydrogen (secondary N) is 2. The average Bonchev–Trinajstić information content (AvgIpc) is 3.51. The third-order valence-electron chi connectivity index (χ3n) is 7.74. The molecule has 1 aliphatic carbocycles. The van der Waals surface area contributed by atoms with Crippen LogP contribution < -0.4 is 10.6 Å². The number of fused-ring (bicyclic) bond motifs is 2. The summed E-state index contributed by atoms with van der Waals surface area (Å²) in [6.07, 6.45) is 5.91. The van der Waals surface area contributed by atoms with Gasteiger partial charge in [-0.25, -0.2) is 14.4 Å². The molecule has 0 spiro atoms. The van der Waals surface area contributed by atoms with Gasteiger partial charge in [0.1, 0.15) is 12.1 Å². The lowest BCUT2D eigenvalue weighted by molar-refractivity contribution is -0.111. The second-order valence-electron chi connectivity index (χ2n) is 10.7. The molecule has 2 saturated heterocycles. The fourth-order valence-corrected chi connectivity index (χ4v) is 5.70. The van der Waals surface area contributed by atoms with Crippen LogP contribution in [0.1, 0.15) is 12.0 Å². The third-order valence-corrected chi connectivity index (χ3v) is 8.03. The molecule has 206 valence electrons. The van der Waals surface area contributed by atoms with Crippen molar-refractivity contribution in [1.82, 2.24) is 19.8 Å². The molecule has 10 heteroatoms. The molecule has 0 radical (unpaired) electrons. The van der Waals surface area contributed by atoms with Crippen molar-refractivity contribution in [1.29, 1.82) is 0 Å². The van der Waals surface area contributed by atoms with Crippen LogP contribution in [0, 0.1) is 29.0 Å². The summed E-state index contributed by atoms with van der Waals surface area (Å²) in [6.45, 7) is 5.78. The van der Waals surface area contributed by atoms with Crippen molar-refractivity contribution in [3.8, 4) is 11.8 Å².